The Morgan fingerprint density at radius 1 is 1.10 bits per heavy atom. The minimum Gasteiger partial charge on any atom is -0.444 e. The molecule has 1 amide bonds. The molecule has 2 bridgehead atoms. The fourth-order valence-corrected chi connectivity index (χ4v) is 7.53. The lowest BCUT2D eigenvalue weighted by atomic mass is 10.1. The second-order valence-corrected chi connectivity index (χ2v) is 11.0. The van der Waals surface area contributed by atoms with E-state index in [0.717, 1.165) is 28.5 Å². The number of fused-ring (bicyclic) bond motifs is 3. The summed E-state index contributed by atoms with van der Waals surface area (Å²) in [4.78, 5) is 12.6. The number of benzene rings is 3. The summed E-state index contributed by atoms with van der Waals surface area (Å²) >= 11 is 1.86. The second-order valence-electron chi connectivity index (χ2n) is 7.79. The van der Waals surface area contributed by atoms with E-state index < -0.39 is 16.1 Å². The van der Waals surface area contributed by atoms with E-state index in [1.807, 2.05) is 48.2 Å². The van der Waals surface area contributed by atoms with Crippen LogP contribution in [0.2, 0.25) is 0 Å². The van der Waals surface area contributed by atoms with Crippen LogP contribution >= 0.6 is 11.8 Å². The molecule has 31 heavy (non-hydrogen) atoms. The molecule has 1 N–H and O–H groups in total. The number of anilines is 1. The predicted molar refractivity (Wildman–Crippen MR) is 123 cm³/mol. The molecule has 2 aliphatic rings. The third-order valence-corrected chi connectivity index (χ3v) is 9.06. The Bertz CT molecular complexity index is 1230. The number of carbonyl (C=O) groups excluding carboxylic acids is 1. The van der Waals surface area contributed by atoms with Crippen molar-refractivity contribution in [2.75, 3.05) is 17.6 Å². The summed E-state index contributed by atoms with van der Waals surface area (Å²) in [5.41, 5.74) is 1.48. The van der Waals surface area contributed by atoms with Crippen molar-refractivity contribution in [2.45, 2.75) is 29.2 Å². The van der Waals surface area contributed by atoms with E-state index >= 15 is 0 Å². The third kappa shape index (κ3) is 4.03. The summed E-state index contributed by atoms with van der Waals surface area (Å²) in [5.74, 6) is 0.872. The Labute approximate surface area is 185 Å². The van der Waals surface area contributed by atoms with Gasteiger partial charge < -0.3 is 4.74 Å². The number of thioether (sulfide) groups is 1. The molecule has 0 aromatic heterocycles. The summed E-state index contributed by atoms with van der Waals surface area (Å²) in [5, 5.41) is 4.69. The van der Waals surface area contributed by atoms with Crippen molar-refractivity contribution in [1.82, 2.24) is 4.31 Å². The minimum atomic E-state index is -3.53. The molecule has 2 atom stereocenters. The lowest BCUT2D eigenvalue weighted by Gasteiger charge is -2.26. The Morgan fingerprint density at radius 2 is 1.94 bits per heavy atom. The average molecular weight is 455 g/mol. The van der Waals surface area contributed by atoms with E-state index in [0.29, 0.717) is 22.4 Å². The summed E-state index contributed by atoms with van der Waals surface area (Å²) in [7, 11) is -3.53. The van der Waals surface area contributed by atoms with Gasteiger partial charge in [0.2, 0.25) is 10.0 Å². The Hall–Kier alpha value is -2.55. The van der Waals surface area contributed by atoms with Gasteiger partial charge in [0.25, 0.3) is 0 Å². The van der Waals surface area contributed by atoms with Gasteiger partial charge in [0.15, 0.2) is 0 Å². The number of hydrogen-bond acceptors (Lipinski definition) is 5. The molecule has 2 saturated heterocycles. The summed E-state index contributed by atoms with van der Waals surface area (Å²) in [6.07, 6.45) is 0.384. The number of amides is 1. The zero-order valence-electron chi connectivity index (χ0n) is 16.7. The van der Waals surface area contributed by atoms with Crippen molar-refractivity contribution in [3.63, 3.8) is 0 Å². The van der Waals surface area contributed by atoms with Gasteiger partial charge in [-0.05, 0) is 35.6 Å². The van der Waals surface area contributed by atoms with Gasteiger partial charge >= 0.3 is 6.09 Å². The molecular formula is C23H22N2O4S2. The van der Waals surface area contributed by atoms with E-state index in [2.05, 4.69) is 5.32 Å². The number of rotatable bonds is 5. The van der Waals surface area contributed by atoms with E-state index in [1.54, 1.807) is 34.6 Å². The second kappa shape index (κ2) is 8.18. The van der Waals surface area contributed by atoms with Crippen molar-refractivity contribution in [2.24, 2.45) is 0 Å². The first kappa shape index (κ1) is 20.4. The largest absolute Gasteiger partial charge is 0.444 e. The highest BCUT2D eigenvalue weighted by atomic mass is 32.2. The minimum absolute atomic E-state index is 0.100. The Morgan fingerprint density at radius 3 is 2.68 bits per heavy atom. The van der Waals surface area contributed by atoms with Crippen LogP contribution in [-0.2, 0) is 21.4 Å². The van der Waals surface area contributed by atoms with Crippen LogP contribution in [0.15, 0.2) is 71.6 Å². The van der Waals surface area contributed by atoms with Crippen molar-refractivity contribution in [3.05, 3.63) is 72.3 Å². The standard InChI is InChI=1S/C23H22N2O4S2/c26-23(29-14-16-5-2-1-3-6-16)24-22-8-4-7-17-11-20(9-10-21(17)22)31(27,28)25-13-19-12-18(25)15-30-19/h1-11,18-19H,12-15H2,(H,24,26). The Kier molecular flexibility index (Phi) is 5.37. The molecule has 2 heterocycles. The van der Waals surface area contributed by atoms with Crippen LogP contribution in [0.25, 0.3) is 10.8 Å². The van der Waals surface area contributed by atoms with E-state index in [9.17, 15) is 13.2 Å². The summed E-state index contributed by atoms with van der Waals surface area (Å²) < 4.78 is 33.3. The number of nitrogens with zero attached hydrogens (tertiary/aromatic N) is 1. The maximum Gasteiger partial charge on any atom is 0.411 e. The lowest BCUT2D eigenvalue weighted by molar-refractivity contribution is 0.155. The Balaban J connectivity index is 1.35. The highest BCUT2D eigenvalue weighted by Gasteiger charge is 2.44. The third-order valence-electron chi connectivity index (χ3n) is 5.76. The molecule has 3 aromatic carbocycles. The highest BCUT2D eigenvalue weighted by Crippen LogP contribution is 2.40. The van der Waals surface area contributed by atoms with Crippen molar-refractivity contribution in [3.8, 4) is 0 Å². The first-order chi connectivity index (χ1) is 15.0. The maximum absolute atomic E-state index is 13.2. The van der Waals surface area contributed by atoms with Crippen LogP contribution in [0.1, 0.15) is 12.0 Å². The highest BCUT2D eigenvalue weighted by molar-refractivity contribution is 8.00. The summed E-state index contributed by atoms with van der Waals surface area (Å²) in [6, 6.07) is 20.0. The van der Waals surface area contributed by atoms with Gasteiger partial charge in [0, 0.05) is 29.0 Å². The van der Waals surface area contributed by atoms with Crippen molar-refractivity contribution in [1.29, 1.82) is 0 Å². The molecule has 2 aliphatic heterocycles. The van der Waals surface area contributed by atoms with Crippen LogP contribution in [0.4, 0.5) is 10.5 Å². The van der Waals surface area contributed by atoms with Gasteiger partial charge in [0.05, 0.1) is 10.6 Å². The van der Waals surface area contributed by atoms with Crippen molar-refractivity contribution >= 4 is 44.3 Å². The van der Waals surface area contributed by atoms with Gasteiger partial charge in [-0.15, -0.1) is 0 Å². The smallest absolute Gasteiger partial charge is 0.411 e. The lowest BCUT2D eigenvalue weighted by Crippen LogP contribution is -2.39. The topological polar surface area (TPSA) is 75.7 Å². The maximum atomic E-state index is 13.2. The molecule has 6 nitrogen and oxygen atoms in total. The van der Waals surface area contributed by atoms with Crippen LogP contribution < -0.4 is 5.32 Å². The van der Waals surface area contributed by atoms with Crippen molar-refractivity contribution < 1.29 is 17.9 Å². The van der Waals surface area contributed by atoms with Gasteiger partial charge in [-0.25, -0.2) is 13.2 Å². The number of hydrogen-bond donors (Lipinski definition) is 1. The molecule has 0 spiro atoms. The molecule has 2 unspecified atom stereocenters. The number of sulfonamides is 1. The fraction of sp³-hybridized carbons (Fsp3) is 0.261. The first-order valence-electron chi connectivity index (χ1n) is 10.1. The van der Waals surface area contributed by atoms with Crippen LogP contribution in [0.5, 0.6) is 0 Å². The van der Waals surface area contributed by atoms with Gasteiger partial charge in [-0.3, -0.25) is 5.32 Å². The number of carbonyl (C=O) groups is 1. The predicted octanol–water partition coefficient (Wildman–Crippen LogP) is 4.47. The van der Waals surface area contributed by atoms with Crippen LogP contribution in [0.3, 0.4) is 0 Å². The fourth-order valence-electron chi connectivity index (χ4n) is 4.19. The van der Waals surface area contributed by atoms with E-state index in [4.69, 9.17) is 4.74 Å². The number of nitrogens with one attached hydrogen (secondary N) is 1. The summed E-state index contributed by atoms with van der Waals surface area (Å²) in [6.45, 7) is 0.765. The zero-order chi connectivity index (χ0) is 21.4. The zero-order valence-corrected chi connectivity index (χ0v) is 18.4. The molecular weight excluding hydrogens is 432 g/mol. The monoisotopic (exact) mass is 454 g/mol. The van der Waals surface area contributed by atoms with Crippen LogP contribution in [0, 0.1) is 0 Å². The first-order valence-corrected chi connectivity index (χ1v) is 12.6. The number of ether oxygens (including phenoxy) is 1. The normalized spacial score (nSPS) is 20.8. The van der Waals surface area contributed by atoms with Gasteiger partial charge in [-0.1, -0.05) is 48.5 Å². The van der Waals surface area contributed by atoms with Gasteiger partial charge in [-0.2, -0.15) is 16.1 Å². The van der Waals surface area contributed by atoms with E-state index in [-0.39, 0.29) is 12.6 Å². The molecule has 3 aromatic rings. The van der Waals surface area contributed by atoms with E-state index in [1.165, 1.54) is 0 Å². The molecule has 0 radical (unpaired) electrons. The molecule has 0 saturated carbocycles. The molecule has 2 fully saturated rings. The van der Waals surface area contributed by atoms with Gasteiger partial charge in [0.1, 0.15) is 6.61 Å². The molecule has 160 valence electrons. The quantitative estimate of drug-likeness (QED) is 0.616. The average Bonchev–Trinajstić information content (AvgIpc) is 3.42. The molecule has 8 heteroatoms. The molecule has 5 rings (SSSR count). The van der Waals surface area contributed by atoms with Crippen LogP contribution in [-0.4, -0.2) is 42.4 Å². The SMILES string of the molecule is O=C(Nc1cccc2cc(S(=O)(=O)N3CC4CC3CS4)ccc12)OCc1ccccc1. The molecule has 0 aliphatic carbocycles.